The number of nitrogens with two attached hydrogens (primary N) is 1. The van der Waals surface area contributed by atoms with Crippen LogP contribution in [0.3, 0.4) is 0 Å². The molecule has 3 amide bonds. The normalized spacial score (nSPS) is 11.4. The smallest absolute Gasteiger partial charge is 0.326 e. The number of aromatic amines is 1. The highest BCUT2D eigenvalue weighted by Gasteiger charge is 2.22. The van der Waals surface area contributed by atoms with Crippen molar-refractivity contribution in [2.45, 2.75) is 25.4 Å². The van der Waals surface area contributed by atoms with Crippen molar-refractivity contribution in [1.82, 2.24) is 41.1 Å². The fourth-order valence-corrected chi connectivity index (χ4v) is 3.57. The summed E-state index contributed by atoms with van der Waals surface area (Å²) in [6, 6.07) is 6.80. The predicted molar refractivity (Wildman–Crippen MR) is 144 cm³/mol. The van der Waals surface area contributed by atoms with E-state index in [4.69, 9.17) is 5.73 Å². The number of H-pyrrole nitrogens is 1. The van der Waals surface area contributed by atoms with Gasteiger partial charge in [-0.2, -0.15) is 9.37 Å². The minimum absolute atomic E-state index is 0.0346. The Balaban J connectivity index is 1.26. The van der Waals surface area contributed by atoms with E-state index in [0.717, 1.165) is 12.3 Å². The van der Waals surface area contributed by atoms with Gasteiger partial charge in [-0.05, 0) is 36.8 Å². The Kier molecular flexibility index (Phi) is 8.91. The number of nitrogens with zero attached hydrogens (tertiary/aromatic N) is 4. The molecule has 216 valence electrons. The molecule has 0 saturated heterocycles. The van der Waals surface area contributed by atoms with Gasteiger partial charge in [0.15, 0.2) is 11.2 Å². The summed E-state index contributed by atoms with van der Waals surface area (Å²) >= 11 is 0. The van der Waals surface area contributed by atoms with E-state index < -0.39 is 41.2 Å². The zero-order valence-electron chi connectivity index (χ0n) is 21.6. The van der Waals surface area contributed by atoms with Gasteiger partial charge in [0.25, 0.3) is 17.4 Å². The second-order valence-electron chi connectivity index (χ2n) is 8.69. The summed E-state index contributed by atoms with van der Waals surface area (Å²) in [5.41, 5.74) is 10.4. The maximum atomic E-state index is 13.1. The molecule has 0 saturated carbocycles. The number of hydrogen-bond donors (Lipinski definition) is 7. The third-order valence-corrected chi connectivity index (χ3v) is 5.67. The lowest BCUT2D eigenvalue weighted by molar-refractivity contribution is -0.139. The first-order valence-electron chi connectivity index (χ1n) is 12.2. The van der Waals surface area contributed by atoms with Crippen molar-refractivity contribution in [1.29, 1.82) is 0 Å². The van der Waals surface area contributed by atoms with Crippen LogP contribution in [0.15, 0.2) is 53.6 Å². The molecule has 0 spiro atoms. The van der Waals surface area contributed by atoms with E-state index in [1.807, 2.05) is 0 Å². The highest BCUT2D eigenvalue weighted by Crippen LogP contribution is 2.12. The number of halogens is 1. The molecule has 0 aliphatic carbocycles. The summed E-state index contributed by atoms with van der Waals surface area (Å²) in [4.78, 5) is 78.2. The standard InChI is InChI=1S/C25H23FN10O6/c26-17-9-13(7-8-28-17)22(39)36-35-18(37)6-5-16(24(41)42)32-21(38)12-1-3-14(4-2-12)29-10-15-11-30-20-19(31-15)23(40)34-25(27)33-20/h1-4,7-9,11,16,29H,5-6,10H2,(H,32,38)(H,35,37)(H,36,39)(H,41,42)(H3,27,30,33,34,40). The second-order valence-corrected chi connectivity index (χ2v) is 8.69. The summed E-state index contributed by atoms with van der Waals surface area (Å²) in [6.45, 7) is 0.196. The molecule has 0 aliphatic rings. The number of carbonyl (C=O) groups excluding carboxylic acids is 3. The highest BCUT2D eigenvalue weighted by atomic mass is 19.1. The van der Waals surface area contributed by atoms with E-state index in [1.54, 1.807) is 12.1 Å². The van der Waals surface area contributed by atoms with Crippen molar-refractivity contribution in [2.75, 3.05) is 11.1 Å². The van der Waals surface area contributed by atoms with Crippen molar-refractivity contribution in [2.24, 2.45) is 0 Å². The molecule has 1 atom stereocenters. The number of carboxylic acid groups (broad SMARTS) is 1. The predicted octanol–water partition coefficient (Wildman–Crippen LogP) is -0.134. The molecule has 0 aliphatic heterocycles. The molecule has 8 N–H and O–H groups in total. The van der Waals surface area contributed by atoms with Gasteiger partial charge in [-0.15, -0.1) is 0 Å². The quantitative estimate of drug-likeness (QED) is 0.0960. The van der Waals surface area contributed by atoms with Crippen LogP contribution in [-0.4, -0.2) is 59.8 Å². The van der Waals surface area contributed by atoms with Crippen LogP contribution in [0.4, 0.5) is 16.0 Å². The first-order valence-corrected chi connectivity index (χ1v) is 12.2. The molecule has 4 aromatic rings. The monoisotopic (exact) mass is 578 g/mol. The van der Waals surface area contributed by atoms with Gasteiger partial charge in [-0.3, -0.25) is 35.0 Å². The molecule has 1 unspecified atom stereocenters. The van der Waals surface area contributed by atoms with Gasteiger partial charge >= 0.3 is 5.97 Å². The first kappa shape index (κ1) is 29.0. The number of carboxylic acids is 1. The number of pyridine rings is 1. The molecule has 3 heterocycles. The van der Waals surface area contributed by atoms with Crippen LogP contribution < -0.4 is 32.8 Å². The minimum atomic E-state index is -1.40. The molecule has 4 rings (SSSR count). The lowest BCUT2D eigenvalue weighted by Gasteiger charge is -2.15. The Hall–Kier alpha value is -6.00. The summed E-state index contributed by atoms with van der Waals surface area (Å²) in [5, 5.41) is 14.9. The molecule has 1 aromatic carbocycles. The van der Waals surface area contributed by atoms with Gasteiger partial charge in [0, 0.05) is 35.5 Å². The van der Waals surface area contributed by atoms with Crippen LogP contribution in [0.1, 0.15) is 39.3 Å². The van der Waals surface area contributed by atoms with Crippen LogP contribution in [-0.2, 0) is 16.1 Å². The van der Waals surface area contributed by atoms with Gasteiger partial charge in [0.05, 0.1) is 18.4 Å². The molecule has 0 bridgehead atoms. The largest absolute Gasteiger partial charge is 0.480 e. The molecule has 3 aromatic heterocycles. The van der Waals surface area contributed by atoms with Gasteiger partial charge in [-0.25, -0.2) is 19.7 Å². The number of nitrogens with one attached hydrogen (secondary N) is 5. The fraction of sp³-hybridized carbons (Fsp3) is 0.160. The molecular formula is C25H23FN10O6. The van der Waals surface area contributed by atoms with E-state index in [1.165, 1.54) is 24.4 Å². The minimum Gasteiger partial charge on any atom is -0.480 e. The van der Waals surface area contributed by atoms with E-state index in [2.05, 4.69) is 46.4 Å². The Morgan fingerprint density at radius 3 is 2.48 bits per heavy atom. The van der Waals surface area contributed by atoms with Crippen LogP contribution in [0, 0.1) is 5.95 Å². The maximum Gasteiger partial charge on any atom is 0.326 e. The van der Waals surface area contributed by atoms with Gasteiger partial charge in [-0.1, -0.05) is 0 Å². The Morgan fingerprint density at radius 1 is 1.00 bits per heavy atom. The lowest BCUT2D eigenvalue weighted by Crippen LogP contribution is -2.44. The van der Waals surface area contributed by atoms with Crippen LogP contribution >= 0.6 is 0 Å². The highest BCUT2D eigenvalue weighted by molar-refractivity contribution is 5.97. The summed E-state index contributed by atoms with van der Waals surface area (Å²) in [6.07, 6.45) is 1.89. The van der Waals surface area contributed by atoms with E-state index >= 15 is 0 Å². The summed E-state index contributed by atoms with van der Waals surface area (Å²) < 4.78 is 13.1. The number of benzene rings is 1. The number of aromatic nitrogens is 5. The number of hydrogen-bond acceptors (Lipinski definition) is 11. The molecule has 0 radical (unpaired) electrons. The average molecular weight is 579 g/mol. The number of anilines is 2. The summed E-state index contributed by atoms with van der Waals surface area (Å²) in [5.74, 6) is -4.52. The topological polar surface area (TPSA) is 247 Å². The number of amides is 3. The second kappa shape index (κ2) is 12.9. The number of rotatable bonds is 10. The molecule has 0 fully saturated rings. The Labute approximate surface area is 235 Å². The maximum absolute atomic E-state index is 13.1. The van der Waals surface area contributed by atoms with Gasteiger partial charge < -0.3 is 21.5 Å². The van der Waals surface area contributed by atoms with Crippen LogP contribution in [0.2, 0.25) is 0 Å². The molecule has 16 nitrogen and oxygen atoms in total. The van der Waals surface area contributed by atoms with Crippen LogP contribution in [0.5, 0.6) is 0 Å². The Bertz CT molecular complexity index is 1710. The third kappa shape index (κ3) is 7.56. The first-order chi connectivity index (χ1) is 20.1. The molecule has 42 heavy (non-hydrogen) atoms. The van der Waals surface area contributed by atoms with E-state index in [0.29, 0.717) is 11.4 Å². The zero-order valence-corrected chi connectivity index (χ0v) is 21.6. The van der Waals surface area contributed by atoms with Gasteiger partial charge in [0.1, 0.15) is 6.04 Å². The van der Waals surface area contributed by atoms with Crippen molar-refractivity contribution in [3.05, 3.63) is 81.9 Å². The zero-order chi connectivity index (χ0) is 30.2. The van der Waals surface area contributed by atoms with Gasteiger partial charge in [0.2, 0.25) is 17.8 Å². The SMILES string of the molecule is Nc1nc2ncc(CNc3ccc(C(=O)NC(CCC(=O)NNC(=O)c4ccnc(F)c4)C(=O)O)cc3)nc2c(=O)[nH]1. The number of fused-ring (bicyclic) bond motifs is 1. The van der Waals surface area contributed by atoms with Crippen LogP contribution in [0.25, 0.3) is 11.2 Å². The van der Waals surface area contributed by atoms with Crippen molar-refractivity contribution < 1.29 is 28.7 Å². The van der Waals surface area contributed by atoms with E-state index in [9.17, 15) is 33.5 Å². The lowest BCUT2D eigenvalue weighted by atomic mass is 10.1. The third-order valence-electron chi connectivity index (χ3n) is 5.67. The fourth-order valence-electron chi connectivity index (χ4n) is 3.57. The number of nitrogen functional groups attached to an aromatic ring is 1. The van der Waals surface area contributed by atoms with E-state index in [-0.39, 0.29) is 47.6 Å². The average Bonchev–Trinajstić information content (AvgIpc) is 2.97. The van der Waals surface area contributed by atoms with Crippen molar-refractivity contribution in [3.8, 4) is 0 Å². The summed E-state index contributed by atoms with van der Waals surface area (Å²) in [7, 11) is 0. The number of hydrazine groups is 1. The molecular weight excluding hydrogens is 555 g/mol. The number of aliphatic carboxylic acids is 1. The Morgan fingerprint density at radius 2 is 1.76 bits per heavy atom. The molecule has 17 heteroatoms. The van der Waals surface area contributed by atoms with Crippen molar-refractivity contribution >= 4 is 46.5 Å². The van der Waals surface area contributed by atoms with Crippen molar-refractivity contribution in [3.63, 3.8) is 0 Å². The number of carbonyl (C=O) groups is 4.